The Hall–Kier alpha value is -3.55. The fraction of sp³-hybridized carbons (Fsp3) is 0.0625. The zero-order chi connectivity index (χ0) is 17.4. The van der Waals surface area contributed by atoms with Crippen LogP contribution in [0.1, 0.15) is 11.1 Å². The van der Waals surface area contributed by atoms with E-state index in [1.165, 1.54) is 18.2 Å². The summed E-state index contributed by atoms with van der Waals surface area (Å²) in [6, 6.07) is 15.0. The van der Waals surface area contributed by atoms with Crippen LogP contribution >= 0.6 is 0 Å². The van der Waals surface area contributed by atoms with Crippen LogP contribution in [0.5, 0.6) is 0 Å². The number of rotatable bonds is 5. The predicted octanol–water partition coefficient (Wildman–Crippen LogP) is 1.36. The summed E-state index contributed by atoms with van der Waals surface area (Å²) >= 11 is 0. The number of para-hydroxylation sites is 1. The molecule has 2 aromatic rings. The number of nitro benzene ring substituents is 1. The molecule has 122 valence electrons. The summed E-state index contributed by atoms with van der Waals surface area (Å²) in [7, 11) is 0. The molecule has 24 heavy (non-hydrogen) atoms. The Labute approximate surface area is 137 Å². The zero-order valence-corrected chi connectivity index (χ0v) is 12.5. The Morgan fingerprint density at radius 3 is 2.42 bits per heavy atom. The minimum atomic E-state index is -0.958. The minimum absolute atomic E-state index is 0.149. The number of nitrogens with zero attached hydrogens (tertiary/aromatic N) is 2. The van der Waals surface area contributed by atoms with Gasteiger partial charge in [-0.25, -0.2) is 5.43 Å². The van der Waals surface area contributed by atoms with E-state index in [0.717, 1.165) is 11.8 Å². The van der Waals surface area contributed by atoms with Crippen molar-refractivity contribution in [3.63, 3.8) is 0 Å². The molecule has 0 aliphatic heterocycles. The van der Waals surface area contributed by atoms with Gasteiger partial charge in [-0.2, -0.15) is 5.10 Å². The highest BCUT2D eigenvalue weighted by Gasteiger charge is 2.13. The van der Waals surface area contributed by atoms with Crippen LogP contribution in [0.3, 0.4) is 0 Å². The Bertz CT molecular complexity index is 775. The Balaban J connectivity index is 1.88. The summed E-state index contributed by atoms with van der Waals surface area (Å²) in [5.41, 5.74) is 2.94. The van der Waals surface area contributed by atoms with Crippen molar-refractivity contribution < 1.29 is 14.5 Å². The predicted molar refractivity (Wildman–Crippen MR) is 87.1 cm³/mol. The third-order valence-electron chi connectivity index (χ3n) is 3.01. The summed E-state index contributed by atoms with van der Waals surface area (Å²) in [5, 5.41) is 16.9. The van der Waals surface area contributed by atoms with Crippen LogP contribution in [0.4, 0.5) is 5.69 Å². The number of nitrogens with one attached hydrogen (secondary N) is 2. The first kappa shape index (κ1) is 16.8. The highest BCUT2D eigenvalue weighted by molar-refractivity contribution is 6.35. The molecular formula is C16H14N4O4. The van der Waals surface area contributed by atoms with Crippen LogP contribution in [-0.4, -0.2) is 23.0 Å². The van der Waals surface area contributed by atoms with E-state index in [-0.39, 0.29) is 17.8 Å². The molecule has 0 heterocycles. The SMILES string of the molecule is O=C(NCc1ccccc1)C(=O)N/N=C\c1ccccc1[N+](=O)[O-]. The topological polar surface area (TPSA) is 114 Å². The molecule has 2 N–H and O–H groups in total. The smallest absolute Gasteiger partial charge is 0.329 e. The van der Waals surface area contributed by atoms with Crippen LogP contribution in [-0.2, 0) is 16.1 Å². The molecule has 2 amide bonds. The van der Waals surface area contributed by atoms with Crippen molar-refractivity contribution in [1.29, 1.82) is 0 Å². The van der Waals surface area contributed by atoms with Gasteiger partial charge in [-0.05, 0) is 11.6 Å². The minimum Gasteiger partial charge on any atom is -0.344 e. The van der Waals surface area contributed by atoms with Crippen molar-refractivity contribution in [3.8, 4) is 0 Å². The Morgan fingerprint density at radius 2 is 1.71 bits per heavy atom. The molecule has 0 unspecified atom stereocenters. The molecule has 0 radical (unpaired) electrons. The second-order valence-corrected chi connectivity index (χ2v) is 4.68. The monoisotopic (exact) mass is 326 g/mol. The number of hydrogen-bond acceptors (Lipinski definition) is 5. The van der Waals surface area contributed by atoms with Crippen LogP contribution in [0.15, 0.2) is 59.7 Å². The van der Waals surface area contributed by atoms with Gasteiger partial charge in [-0.3, -0.25) is 19.7 Å². The van der Waals surface area contributed by atoms with Gasteiger partial charge in [0.1, 0.15) is 0 Å². The van der Waals surface area contributed by atoms with Crippen molar-refractivity contribution >= 4 is 23.7 Å². The van der Waals surface area contributed by atoms with Crippen molar-refractivity contribution in [2.45, 2.75) is 6.54 Å². The van der Waals surface area contributed by atoms with Gasteiger partial charge in [-0.1, -0.05) is 42.5 Å². The molecule has 8 nitrogen and oxygen atoms in total. The molecule has 0 spiro atoms. The summed E-state index contributed by atoms with van der Waals surface area (Å²) in [6.07, 6.45) is 1.11. The number of hydrazone groups is 1. The van der Waals surface area contributed by atoms with E-state index in [1.807, 2.05) is 35.8 Å². The third-order valence-corrected chi connectivity index (χ3v) is 3.01. The van der Waals surface area contributed by atoms with Crippen LogP contribution in [0.25, 0.3) is 0 Å². The highest BCUT2D eigenvalue weighted by atomic mass is 16.6. The standard InChI is InChI=1S/C16H14N4O4/c21-15(17-10-12-6-2-1-3-7-12)16(22)19-18-11-13-8-4-5-9-14(13)20(23)24/h1-9,11H,10H2,(H,17,21)(H,19,22)/b18-11-. The summed E-state index contributed by atoms with van der Waals surface area (Å²) in [4.78, 5) is 33.5. The first-order valence-electron chi connectivity index (χ1n) is 6.96. The fourth-order valence-corrected chi connectivity index (χ4v) is 1.83. The van der Waals surface area contributed by atoms with Gasteiger partial charge >= 0.3 is 11.8 Å². The molecule has 0 aliphatic rings. The van der Waals surface area contributed by atoms with Gasteiger partial charge in [0.05, 0.1) is 16.7 Å². The lowest BCUT2D eigenvalue weighted by Crippen LogP contribution is -2.37. The van der Waals surface area contributed by atoms with E-state index in [4.69, 9.17) is 0 Å². The van der Waals surface area contributed by atoms with Gasteiger partial charge in [0.2, 0.25) is 0 Å². The average molecular weight is 326 g/mol. The number of benzene rings is 2. The molecule has 0 saturated heterocycles. The Morgan fingerprint density at radius 1 is 1.04 bits per heavy atom. The second-order valence-electron chi connectivity index (χ2n) is 4.68. The molecule has 0 aliphatic carbocycles. The molecule has 0 fully saturated rings. The van der Waals surface area contributed by atoms with E-state index < -0.39 is 16.7 Å². The number of amides is 2. The van der Waals surface area contributed by atoms with Gasteiger partial charge in [0.25, 0.3) is 5.69 Å². The lowest BCUT2D eigenvalue weighted by Gasteiger charge is -2.03. The van der Waals surface area contributed by atoms with Crippen LogP contribution in [0, 0.1) is 10.1 Å². The maximum atomic E-state index is 11.6. The van der Waals surface area contributed by atoms with Crippen molar-refractivity contribution in [1.82, 2.24) is 10.7 Å². The number of carbonyl (C=O) groups is 2. The van der Waals surface area contributed by atoms with E-state index in [2.05, 4.69) is 10.4 Å². The molecule has 2 rings (SSSR count). The maximum Gasteiger partial charge on any atom is 0.329 e. The number of nitro groups is 1. The van der Waals surface area contributed by atoms with E-state index >= 15 is 0 Å². The highest BCUT2D eigenvalue weighted by Crippen LogP contribution is 2.14. The van der Waals surface area contributed by atoms with Crippen molar-refractivity contribution in [2.24, 2.45) is 5.10 Å². The molecule has 0 bridgehead atoms. The number of hydrogen-bond donors (Lipinski definition) is 2. The molecule has 0 saturated carbocycles. The largest absolute Gasteiger partial charge is 0.344 e. The van der Waals surface area contributed by atoms with E-state index in [1.54, 1.807) is 6.07 Å². The summed E-state index contributed by atoms with van der Waals surface area (Å²) < 4.78 is 0. The van der Waals surface area contributed by atoms with Gasteiger partial charge in [0.15, 0.2) is 0 Å². The fourth-order valence-electron chi connectivity index (χ4n) is 1.83. The van der Waals surface area contributed by atoms with Crippen molar-refractivity contribution in [3.05, 3.63) is 75.8 Å². The Kier molecular flexibility index (Phi) is 5.73. The quantitative estimate of drug-likeness (QED) is 0.374. The van der Waals surface area contributed by atoms with Gasteiger partial charge in [-0.15, -0.1) is 0 Å². The first-order chi connectivity index (χ1) is 11.6. The lowest BCUT2D eigenvalue weighted by molar-refractivity contribution is -0.385. The molecule has 2 aromatic carbocycles. The first-order valence-corrected chi connectivity index (χ1v) is 6.96. The molecular weight excluding hydrogens is 312 g/mol. The van der Waals surface area contributed by atoms with Crippen LogP contribution < -0.4 is 10.7 Å². The summed E-state index contributed by atoms with van der Waals surface area (Å²) in [6.45, 7) is 0.209. The summed E-state index contributed by atoms with van der Waals surface area (Å²) in [5.74, 6) is -1.81. The average Bonchev–Trinajstić information content (AvgIpc) is 2.60. The normalized spacial score (nSPS) is 10.3. The van der Waals surface area contributed by atoms with E-state index in [0.29, 0.717) is 0 Å². The van der Waals surface area contributed by atoms with Gasteiger partial charge in [0, 0.05) is 12.6 Å². The zero-order valence-electron chi connectivity index (χ0n) is 12.5. The molecule has 0 aromatic heterocycles. The number of carbonyl (C=O) groups excluding carboxylic acids is 2. The third kappa shape index (κ3) is 4.73. The maximum absolute atomic E-state index is 11.6. The lowest BCUT2D eigenvalue weighted by atomic mass is 10.2. The second kappa shape index (κ2) is 8.18. The van der Waals surface area contributed by atoms with E-state index in [9.17, 15) is 19.7 Å². The molecule has 0 atom stereocenters. The molecule has 8 heteroatoms. The van der Waals surface area contributed by atoms with Crippen molar-refractivity contribution in [2.75, 3.05) is 0 Å². The van der Waals surface area contributed by atoms with Gasteiger partial charge < -0.3 is 5.32 Å². The van der Waals surface area contributed by atoms with Crippen LogP contribution in [0.2, 0.25) is 0 Å².